The lowest BCUT2D eigenvalue weighted by Gasteiger charge is -2.23. The Morgan fingerprint density at radius 2 is 2.12 bits per heavy atom. The van der Waals surface area contributed by atoms with E-state index >= 15 is 0 Å². The van der Waals surface area contributed by atoms with Gasteiger partial charge in [0.2, 0.25) is 5.91 Å². The summed E-state index contributed by atoms with van der Waals surface area (Å²) in [6.07, 6.45) is 5.55. The molecule has 1 aliphatic carbocycles. The molecule has 2 aliphatic rings. The van der Waals surface area contributed by atoms with Gasteiger partial charge in [0.05, 0.1) is 6.04 Å². The molecule has 1 atom stereocenters. The first-order valence-corrected chi connectivity index (χ1v) is 11.1. The number of carbonyl (C=O) groups is 2. The number of nitrogens with zero attached hydrogens (tertiary/aromatic N) is 6. The van der Waals surface area contributed by atoms with Crippen LogP contribution in [0.3, 0.4) is 0 Å². The molecular formula is C24H28N6O2. The van der Waals surface area contributed by atoms with Crippen LogP contribution >= 0.6 is 0 Å². The van der Waals surface area contributed by atoms with Crippen molar-refractivity contribution < 1.29 is 9.59 Å². The number of anilines is 1. The van der Waals surface area contributed by atoms with Crippen molar-refractivity contribution in [1.29, 1.82) is 0 Å². The van der Waals surface area contributed by atoms with Gasteiger partial charge in [-0.25, -0.2) is 14.5 Å². The highest BCUT2D eigenvalue weighted by Gasteiger charge is 2.37. The molecule has 0 saturated carbocycles. The minimum absolute atomic E-state index is 0.0761. The number of Topliss-reactive ketones (excluding diaryl/α,β-unsaturated/α-hetero) is 1. The van der Waals surface area contributed by atoms with E-state index in [9.17, 15) is 9.59 Å². The summed E-state index contributed by atoms with van der Waals surface area (Å²) in [5.74, 6) is 1.86. The molecule has 8 heteroatoms. The Labute approximate surface area is 187 Å². The molecule has 0 N–H and O–H groups in total. The highest BCUT2D eigenvalue weighted by atomic mass is 16.2. The number of hydrogen-bond donors (Lipinski definition) is 0. The molecule has 3 aromatic rings. The second-order valence-electron chi connectivity index (χ2n) is 9.46. The zero-order valence-corrected chi connectivity index (χ0v) is 19.0. The summed E-state index contributed by atoms with van der Waals surface area (Å²) in [6, 6.07) is 6.45. The third kappa shape index (κ3) is 3.34. The maximum Gasteiger partial charge on any atom is 0.219 e. The molecule has 1 aromatic carbocycles. The van der Waals surface area contributed by atoms with Crippen molar-refractivity contribution in [3.8, 4) is 0 Å². The van der Waals surface area contributed by atoms with Crippen LogP contribution in [0.1, 0.15) is 49.7 Å². The van der Waals surface area contributed by atoms with Crippen LogP contribution in [0, 0.1) is 0 Å². The van der Waals surface area contributed by atoms with Crippen molar-refractivity contribution in [1.82, 2.24) is 24.5 Å². The number of likely N-dealkylation sites (N-methyl/N-ethyl adjacent to an activating group) is 1. The number of rotatable bonds is 4. The Balaban J connectivity index is 1.39. The van der Waals surface area contributed by atoms with Crippen molar-refractivity contribution in [2.24, 2.45) is 0 Å². The van der Waals surface area contributed by atoms with E-state index in [1.807, 2.05) is 27.1 Å². The van der Waals surface area contributed by atoms with Gasteiger partial charge in [-0.1, -0.05) is 18.2 Å². The van der Waals surface area contributed by atoms with Gasteiger partial charge < -0.3 is 9.80 Å². The van der Waals surface area contributed by atoms with Crippen LogP contribution < -0.4 is 4.90 Å². The fraction of sp³-hybridized carbons (Fsp3) is 0.458. The lowest BCUT2D eigenvalue weighted by Crippen LogP contribution is -2.37. The van der Waals surface area contributed by atoms with E-state index in [1.54, 1.807) is 22.5 Å². The molecule has 2 aromatic heterocycles. The summed E-state index contributed by atoms with van der Waals surface area (Å²) >= 11 is 0. The molecule has 1 fully saturated rings. The normalized spacial score (nSPS) is 19.6. The highest BCUT2D eigenvalue weighted by Crippen LogP contribution is 2.36. The molecule has 32 heavy (non-hydrogen) atoms. The van der Waals surface area contributed by atoms with Gasteiger partial charge in [-0.3, -0.25) is 9.59 Å². The zero-order valence-electron chi connectivity index (χ0n) is 19.0. The van der Waals surface area contributed by atoms with Gasteiger partial charge >= 0.3 is 0 Å². The monoisotopic (exact) mass is 432 g/mol. The van der Waals surface area contributed by atoms with Crippen molar-refractivity contribution in [2.75, 3.05) is 25.0 Å². The van der Waals surface area contributed by atoms with Gasteiger partial charge in [0.1, 0.15) is 5.78 Å². The summed E-state index contributed by atoms with van der Waals surface area (Å²) in [4.78, 5) is 37.4. The minimum Gasteiger partial charge on any atom is -0.351 e. The second-order valence-corrected chi connectivity index (χ2v) is 9.46. The maximum absolute atomic E-state index is 12.3. The van der Waals surface area contributed by atoms with E-state index in [-0.39, 0.29) is 17.7 Å². The lowest BCUT2D eigenvalue weighted by atomic mass is 9.85. The summed E-state index contributed by atoms with van der Waals surface area (Å²) in [7, 11) is 1.85. The van der Waals surface area contributed by atoms with Gasteiger partial charge in [0, 0.05) is 57.7 Å². The van der Waals surface area contributed by atoms with Crippen molar-refractivity contribution in [3.05, 3.63) is 53.1 Å². The topological polar surface area (TPSA) is 83.7 Å². The van der Waals surface area contributed by atoms with Crippen LogP contribution in [0.2, 0.25) is 0 Å². The Hall–Kier alpha value is -3.29. The van der Waals surface area contributed by atoms with Crippen LogP contribution in [0.5, 0.6) is 0 Å². The number of carbonyl (C=O) groups excluding carboxylic acids is 2. The van der Waals surface area contributed by atoms with Crippen molar-refractivity contribution >= 4 is 23.2 Å². The SMILES string of the molecule is CC(=O)N(C)C1CCN(c2nccn3nc(Cc4ccc5c(c4)CC(=O)C5(C)C)nc23)C1. The molecule has 166 valence electrons. The largest absolute Gasteiger partial charge is 0.351 e. The smallest absolute Gasteiger partial charge is 0.219 e. The molecule has 0 spiro atoms. The van der Waals surface area contributed by atoms with Crippen LogP contribution in [0.25, 0.3) is 5.65 Å². The number of fused-ring (bicyclic) bond motifs is 2. The standard InChI is InChI=1S/C24H28N6O2/c1-15(31)28(4)18-7-9-29(14-18)22-23-26-21(27-30(23)10-8-25-22)12-16-5-6-19-17(11-16)13-20(32)24(19,2)3/h5-6,8,10-11,18H,7,9,12-14H2,1-4H3. The summed E-state index contributed by atoms with van der Waals surface area (Å²) in [5, 5.41) is 4.67. The Morgan fingerprint density at radius 1 is 1.31 bits per heavy atom. The van der Waals surface area contributed by atoms with E-state index in [2.05, 4.69) is 33.2 Å². The van der Waals surface area contributed by atoms with E-state index < -0.39 is 5.41 Å². The lowest BCUT2D eigenvalue weighted by molar-refractivity contribution is -0.129. The van der Waals surface area contributed by atoms with E-state index in [0.29, 0.717) is 12.8 Å². The van der Waals surface area contributed by atoms with Crippen molar-refractivity contribution in [2.45, 2.75) is 51.5 Å². The average Bonchev–Trinajstić information content (AvgIpc) is 3.44. The van der Waals surface area contributed by atoms with Crippen LogP contribution in [-0.2, 0) is 27.8 Å². The van der Waals surface area contributed by atoms with E-state index in [0.717, 1.165) is 53.5 Å². The number of ketones is 1. The third-order valence-corrected chi connectivity index (χ3v) is 7.04. The van der Waals surface area contributed by atoms with Gasteiger partial charge in [-0.2, -0.15) is 5.10 Å². The molecule has 1 amide bonds. The molecule has 8 nitrogen and oxygen atoms in total. The maximum atomic E-state index is 12.3. The minimum atomic E-state index is -0.403. The summed E-state index contributed by atoms with van der Waals surface area (Å²) < 4.78 is 1.78. The summed E-state index contributed by atoms with van der Waals surface area (Å²) in [5.41, 5.74) is 3.66. The third-order valence-electron chi connectivity index (χ3n) is 7.04. The second kappa shape index (κ2) is 7.39. The van der Waals surface area contributed by atoms with Gasteiger partial charge in [0.25, 0.3) is 0 Å². The Morgan fingerprint density at radius 3 is 2.91 bits per heavy atom. The number of benzene rings is 1. The average molecular weight is 433 g/mol. The molecule has 5 rings (SSSR count). The number of aromatic nitrogens is 4. The summed E-state index contributed by atoms with van der Waals surface area (Å²) in [6.45, 7) is 7.15. The van der Waals surface area contributed by atoms with Crippen molar-refractivity contribution in [3.63, 3.8) is 0 Å². The van der Waals surface area contributed by atoms with E-state index in [1.165, 1.54) is 0 Å². The Kier molecular flexibility index (Phi) is 4.76. The molecule has 1 unspecified atom stereocenters. The molecule has 0 radical (unpaired) electrons. The van der Waals surface area contributed by atoms with Crippen LogP contribution in [0.15, 0.2) is 30.6 Å². The molecule has 0 bridgehead atoms. The van der Waals surface area contributed by atoms with Crippen LogP contribution in [-0.4, -0.2) is 62.4 Å². The number of hydrogen-bond acceptors (Lipinski definition) is 6. The van der Waals surface area contributed by atoms with E-state index in [4.69, 9.17) is 4.98 Å². The van der Waals surface area contributed by atoms with Crippen LogP contribution in [0.4, 0.5) is 5.82 Å². The van der Waals surface area contributed by atoms with Gasteiger partial charge in [-0.05, 0) is 37.0 Å². The first-order chi connectivity index (χ1) is 15.2. The number of amides is 1. The molecule has 1 aliphatic heterocycles. The molecule has 1 saturated heterocycles. The predicted molar refractivity (Wildman–Crippen MR) is 121 cm³/mol. The highest BCUT2D eigenvalue weighted by molar-refractivity contribution is 5.95. The first kappa shape index (κ1) is 20.6. The first-order valence-electron chi connectivity index (χ1n) is 11.1. The van der Waals surface area contributed by atoms with Gasteiger partial charge in [0.15, 0.2) is 17.3 Å². The fourth-order valence-electron chi connectivity index (χ4n) is 4.89. The van der Waals surface area contributed by atoms with Gasteiger partial charge in [-0.15, -0.1) is 0 Å². The predicted octanol–water partition coefficient (Wildman–Crippen LogP) is 2.17. The molecular weight excluding hydrogens is 404 g/mol. The zero-order chi connectivity index (χ0) is 22.6. The Bertz CT molecular complexity index is 1230. The fourth-order valence-corrected chi connectivity index (χ4v) is 4.89. The quantitative estimate of drug-likeness (QED) is 0.628. The molecule has 3 heterocycles.